The minimum atomic E-state index is -0.0809. The Kier molecular flexibility index (Phi) is 6.51. The largest absolute Gasteiger partial charge is 0.393 e. The first kappa shape index (κ1) is 17.2. The lowest BCUT2D eigenvalue weighted by Gasteiger charge is -2.44. The maximum atomic E-state index is 9.93. The van der Waals surface area contributed by atoms with Gasteiger partial charge in [0.2, 0.25) is 0 Å². The molecule has 1 saturated carbocycles. The van der Waals surface area contributed by atoms with E-state index in [1.54, 1.807) is 0 Å². The zero-order chi connectivity index (χ0) is 15.3. The van der Waals surface area contributed by atoms with E-state index in [0.717, 1.165) is 32.0 Å². The molecule has 21 heavy (non-hydrogen) atoms. The van der Waals surface area contributed by atoms with Crippen LogP contribution >= 0.6 is 0 Å². The molecule has 2 atom stereocenters. The van der Waals surface area contributed by atoms with E-state index in [2.05, 4.69) is 31.0 Å². The van der Waals surface area contributed by atoms with Crippen LogP contribution in [0.1, 0.15) is 59.3 Å². The zero-order valence-electron chi connectivity index (χ0n) is 14.4. The Bertz CT molecular complexity index is 300. The third-order valence-corrected chi connectivity index (χ3v) is 5.47. The molecular formula is C18H36N2O. The van der Waals surface area contributed by atoms with Gasteiger partial charge < -0.3 is 15.3 Å². The Morgan fingerprint density at radius 3 is 2.57 bits per heavy atom. The van der Waals surface area contributed by atoms with Crippen molar-refractivity contribution < 1.29 is 5.11 Å². The fourth-order valence-electron chi connectivity index (χ4n) is 4.16. The molecule has 0 amide bonds. The molecule has 2 unspecified atom stereocenters. The highest BCUT2D eigenvalue weighted by atomic mass is 16.3. The highest BCUT2D eigenvalue weighted by Crippen LogP contribution is 2.37. The van der Waals surface area contributed by atoms with E-state index < -0.39 is 0 Å². The molecule has 3 heteroatoms. The van der Waals surface area contributed by atoms with Gasteiger partial charge in [0.1, 0.15) is 0 Å². The van der Waals surface area contributed by atoms with Crippen molar-refractivity contribution in [1.29, 1.82) is 0 Å². The first-order valence-corrected chi connectivity index (χ1v) is 9.12. The number of nitrogens with zero attached hydrogens (tertiary/aromatic N) is 1. The van der Waals surface area contributed by atoms with Crippen molar-refractivity contribution in [2.24, 2.45) is 17.3 Å². The van der Waals surface area contributed by atoms with Crippen molar-refractivity contribution >= 4 is 0 Å². The van der Waals surface area contributed by atoms with E-state index in [1.165, 1.54) is 45.2 Å². The molecule has 2 fully saturated rings. The number of aliphatic hydroxyl groups is 1. The van der Waals surface area contributed by atoms with Gasteiger partial charge in [-0.2, -0.15) is 0 Å². The molecular weight excluding hydrogens is 260 g/mol. The monoisotopic (exact) mass is 296 g/mol. The van der Waals surface area contributed by atoms with Crippen molar-refractivity contribution in [2.75, 3.05) is 32.7 Å². The van der Waals surface area contributed by atoms with Crippen LogP contribution in [0.5, 0.6) is 0 Å². The molecule has 0 aromatic rings. The van der Waals surface area contributed by atoms with Gasteiger partial charge in [-0.1, -0.05) is 40.0 Å². The molecule has 1 heterocycles. The quantitative estimate of drug-likeness (QED) is 0.791. The van der Waals surface area contributed by atoms with Crippen LogP contribution in [-0.2, 0) is 0 Å². The fourth-order valence-corrected chi connectivity index (χ4v) is 4.16. The van der Waals surface area contributed by atoms with Crippen LogP contribution in [0, 0.1) is 17.3 Å². The van der Waals surface area contributed by atoms with Gasteiger partial charge in [-0.15, -0.1) is 0 Å². The topological polar surface area (TPSA) is 35.5 Å². The number of nitrogens with one attached hydrogen (secondary N) is 1. The smallest absolute Gasteiger partial charge is 0.0590 e. The molecule has 0 spiro atoms. The van der Waals surface area contributed by atoms with Crippen molar-refractivity contribution in [2.45, 2.75) is 65.4 Å². The van der Waals surface area contributed by atoms with Crippen LogP contribution in [0.15, 0.2) is 0 Å². The summed E-state index contributed by atoms with van der Waals surface area (Å²) in [5.41, 5.74) is 0.481. The first-order chi connectivity index (χ1) is 10.0. The summed E-state index contributed by atoms with van der Waals surface area (Å²) in [6.07, 6.45) is 7.85. The lowest BCUT2D eigenvalue weighted by Crippen LogP contribution is -2.50. The lowest BCUT2D eigenvalue weighted by atomic mass is 9.73. The Morgan fingerprint density at radius 2 is 1.95 bits per heavy atom. The van der Waals surface area contributed by atoms with Crippen LogP contribution in [0.3, 0.4) is 0 Å². The summed E-state index contributed by atoms with van der Waals surface area (Å²) in [4.78, 5) is 2.62. The predicted molar refractivity (Wildman–Crippen MR) is 89.5 cm³/mol. The van der Waals surface area contributed by atoms with Gasteiger partial charge in [-0.3, -0.25) is 0 Å². The van der Waals surface area contributed by atoms with Gasteiger partial charge in [0, 0.05) is 26.2 Å². The van der Waals surface area contributed by atoms with Gasteiger partial charge in [0.15, 0.2) is 0 Å². The van der Waals surface area contributed by atoms with E-state index in [9.17, 15) is 5.11 Å². The summed E-state index contributed by atoms with van der Waals surface area (Å²) < 4.78 is 0. The van der Waals surface area contributed by atoms with E-state index in [4.69, 9.17) is 0 Å². The van der Waals surface area contributed by atoms with Gasteiger partial charge in [-0.05, 0) is 43.1 Å². The Balaban J connectivity index is 1.89. The van der Waals surface area contributed by atoms with Crippen LogP contribution in [-0.4, -0.2) is 48.8 Å². The number of rotatable bonds is 6. The van der Waals surface area contributed by atoms with Crippen molar-refractivity contribution in [3.05, 3.63) is 0 Å². The summed E-state index contributed by atoms with van der Waals surface area (Å²) in [7, 11) is 0. The Labute approximate surface area is 131 Å². The van der Waals surface area contributed by atoms with Gasteiger partial charge in [0.25, 0.3) is 0 Å². The molecule has 2 aliphatic rings. The fraction of sp³-hybridized carbons (Fsp3) is 1.00. The Morgan fingerprint density at radius 1 is 1.24 bits per heavy atom. The first-order valence-electron chi connectivity index (χ1n) is 9.12. The SMILES string of the molecule is CC(C)CNCC1(CN2CCC(O)C(C)C2)CCCCC1. The van der Waals surface area contributed by atoms with Gasteiger partial charge in [0.05, 0.1) is 6.10 Å². The van der Waals surface area contributed by atoms with E-state index in [0.29, 0.717) is 11.3 Å². The minimum absolute atomic E-state index is 0.0809. The molecule has 3 nitrogen and oxygen atoms in total. The normalized spacial score (nSPS) is 30.7. The molecule has 124 valence electrons. The number of aliphatic hydroxyl groups excluding tert-OH is 1. The minimum Gasteiger partial charge on any atom is -0.393 e. The maximum absolute atomic E-state index is 9.93. The zero-order valence-corrected chi connectivity index (χ0v) is 14.4. The molecule has 1 saturated heterocycles. The second-order valence-corrected chi connectivity index (χ2v) is 8.15. The van der Waals surface area contributed by atoms with Crippen LogP contribution in [0.25, 0.3) is 0 Å². The van der Waals surface area contributed by atoms with Crippen molar-refractivity contribution in [1.82, 2.24) is 10.2 Å². The molecule has 0 radical (unpaired) electrons. The molecule has 1 aliphatic carbocycles. The highest BCUT2D eigenvalue weighted by Gasteiger charge is 2.35. The van der Waals surface area contributed by atoms with E-state index >= 15 is 0 Å². The number of likely N-dealkylation sites (tertiary alicyclic amines) is 1. The van der Waals surface area contributed by atoms with Crippen LogP contribution < -0.4 is 5.32 Å². The summed E-state index contributed by atoms with van der Waals surface area (Å²) in [5.74, 6) is 1.17. The predicted octanol–water partition coefficient (Wildman–Crippen LogP) is 2.89. The molecule has 1 aliphatic heterocycles. The van der Waals surface area contributed by atoms with Crippen molar-refractivity contribution in [3.8, 4) is 0 Å². The summed E-state index contributed by atoms with van der Waals surface area (Å²) >= 11 is 0. The van der Waals surface area contributed by atoms with Crippen LogP contribution in [0.4, 0.5) is 0 Å². The second kappa shape index (κ2) is 7.94. The number of hydrogen-bond donors (Lipinski definition) is 2. The number of piperidine rings is 1. The lowest BCUT2D eigenvalue weighted by molar-refractivity contribution is 0.00829. The summed E-state index contributed by atoms with van der Waals surface area (Å²) in [6, 6.07) is 0. The molecule has 2 rings (SSSR count). The summed E-state index contributed by atoms with van der Waals surface area (Å²) in [6.45, 7) is 12.5. The van der Waals surface area contributed by atoms with Crippen molar-refractivity contribution in [3.63, 3.8) is 0 Å². The highest BCUT2D eigenvalue weighted by molar-refractivity contribution is 4.90. The Hall–Kier alpha value is -0.120. The van der Waals surface area contributed by atoms with Gasteiger partial charge >= 0.3 is 0 Å². The average Bonchev–Trinajstić information content (AvgIpc) is 2.43. The molecule has 0 aromatic carbocycles. The van der Waals surface area contributed by atoms with Gasteiger partial charge in [-0.25, -0.2) is 0 Å². The molecule has 2 N–H and O–H groups in total. The van der Waals surface area contributed by atoms with Crippen LogP contribution in [0.2, 0.25) is 0 Å². The average molecular weight is 296 g/mol. The maximum Gasteiger partial charge on any atom is 0.0590 e. The third-order valence-electron chi connectivity index (χ3n) is 5.47. The third kappa shape index (κ3) is 5.22. The summed E-state index contributed by atoms with van der Waals surface area (Å²) in [5, 5.41) is 13.7. The number of hydrogen-bond acceptors (Lipinski definition) is 3. The standard InChI is InChI=1S/C18H36N2O/c1-15(2)11-19-13-18(8-5-4-6-9-18)14-20-10-7-17(21)16(3)12-20/h15-17,19,21H,4-14H2,1-3H3. The second-order valence-electron chi connectivity index (χ2n) is 8.15. The molecule has 0 aromatic heterocycles. The van der Waals surface area contributed by atoms with E-state index in [1.807, 2.05) is 0 Å². The van der Waals surface area contributed by atoms with E-state index in [-0.39, 0.29) is 6.10 Å². The molecule has 0 bridgehead atoms.